The SMILES string of the molecule is Cc1ccc(C(S)c2ccc(C)cc2P(C)C)c(P(C)C)c1. The highest BCUT2D eigenvalue weighted by molar-refractivity contribution is 7.81. The Morgan fingerprint density at radius 1 is 0.727 bits per heavy atom. The molecular formula is C19H26P2S. The van der Waals surface area contributed by atoms with Crippen molar-refractivity contribution in [3.8, 4) is 0 Å². The number of hydrogen-bond donors (Lipinski definition) is 1. The molecular weight excluding hydrogens is 322 g/mol. The Morgan fingerprint density at radius 3 is 1.41 bits per heavy atom. The minimum absolute atomic E-state index is 0.130. The maximum absolute atomic E-state index is 5.03. The van der Waals surface area contributed by atoms with Crippen molar-refractivity contribution in [2.45, 2.75) is 19.1 Å². The maximum Gasteiger partial charge on any atom is 0.0529 e. The lowest BCUT2D eigenvalue weighted by molar-refractivity contribution is 1.18. The van der Waals surface area contributed by atoms with Crippen molar-refractivity contribution in [2.75, 3.05) is 26.7 Å². The molecule has 0 aliphatic rings. The van der Waals surface area contributed by atoms with E-state index < -0.39 is 0 Å². The van der Waals surface area contributed by atoms with Crippen LogP contribution in [0.5, 0.6) is 0 Å². The van der Waals surface area contributed by atoms with Crippen LogP contribution in [0.15, 0.2) is 36.4 Å². The van der Waals surface area contributed by atoms with E-state index in [9.17, 15) is 0 Å². The van der Waals surface area contributed by atoms with Crippen molar-refractivity contribution < 1.29 is 0 Å². The summed E-state index contributed by atoms with van der Waals surface area (Å²) in [5.41, 5.74) is 5.44. The van der Waals surface area contributed by atoms with E-state index >= 15 is 0 Å². The molecule has 22 heavy (non-hydrogen) atoms. The molecule has 0 nitrogen and oxygen atoms in total. The fraction of sp³-hybridized carbons (Fsp3) is 0.368. The Morgan fingerprint density at radius 2 is 1.09 bits per heavy atom. The van der Waals surface area contributed by atoms with E-state index in [0.29, 0.717) is 0 Å². The summed E-state index contributed by atoms with van der Waals surface area (Å²) < 4.78 is 0. The molecule has 0 amide bonds. The third kappa shape index (κ3) is 3.94. The van der Waals surface area contributed by atoms with Crippen molar-refractivity contribution in [1.82, 2.24) is 0 Å². The predicted molar refractivity (Wildman–Crippen MR) is 110 cm³/mol. The number of thiol groups is 1. The largest absolute Gasteiger partial charge is 0.166 e. The van der Waals surface area contributed by atoms with Gasteiger partial charge >= 0.3 is 0 Å². The standard InChI is InChI=1S/C19H26P2S/c1-13-7-9-15(17(11-13)20(3)4)19(22)16-10-8-14(2)12-18(16)21(5)6/h7-12,19,22H,1-6H3. The topological polar surface area (TPSA) is 0 Å². The number of rotatable bonds is 4. The fourth-order valence-electron chi connectivity index (χ4n) is 2.71. The van der Waals surface area contributed by atoms with Crippen LogP contribution in [0.25, 0.3) is 0 Å². The molecule has 0 radical (unpaired) electrons. The van der Waals surface area contributed by atoms with Crippen LogP contribution in [0.2, 0.25) is 0 Å². The molecule has 0 saturated carbocycles. The van der Waals surface area contributed by atoms with Crippen LogP contribution in [-0.4, -0.2) is 26.7 Å². The van der Waals surface area contributed by atoms with Gasteiger partial charge in [0.05, 0.1) is 5.25 Å². The van der Waals surface area contributed by atoms with Crippen molar-refractivity contribution >= 4 is 39.1 Å². The molecule has 118 valence electrons. The number of aryl methyl sites for hydroxylation is 2. The maximum atomic E-state index is 5.03. The lowest BCUT2D eigenvalue weighted by Gasteiger charge is -2.23. The average Bonchev–Trinajstić information content (AvgIpc) is 2.46. The molecule has 0 heterocycles. The monoisotopic (exact) mass is 348 g/mol. The van der Waals surface area contributed by atoms with Crippen molar-refractivity contribution in [3.63, 3.8) is 0 Å². The van der Waals surface area contributed by atoms with Gasteiger partial charge in [0.2, 0.25) is 0 Å². The second-order valence-corrected chi connectivity index (χ2v) is 11.4. The van der Waals surface area contributed by atoms with Crippen molar-refractivity contribution in [1.29, 1.82) is 0 Å². The van der Waals surface area contributed by atoms with Gasteiger partial charge in [0.25, 0.3) is 0 Å². The van der Waals surface area contributed by atoms with E-state index in [1.54, 1.807) is 0 Å². The molecule has 0 atom stereocenters. The van der Waals surface area contributed by atoms with Crippen LogP contribution in [0.1, 0.15) is 27.5 Å². The van der Waals surface area contributed by atoms with Gasteiger partial charge in [-0.3, -0.25) is 0 Å². The summed E-state index contributed by atoms with van der Waals surface area (Å²) in [6, 6.07) is 13.7. The molecule has 0 unspecified atom stereocenters. The van der Waals surface area contributed by atoms with Gasteiger partial charge in [0.1, 0.15) is 0 Å². The lowest BCUT2D eigenvalue weighted by atomic mass is 10.0. The summed E-state index contributed by atoms with van der Waals surface area (Å²) in [6.07, 6.45) is 0. The summed E-state index contributed by atoms with van der Waals surface area (Å²) in [5, 5.41) is 3.14. The van der Waals surface area contributed by atoms with Crippen LogP contribution < -0.4 is 10.6 Å². The average molecular weight is 348 g/mol. The zero-order valence-electron chi connectivity index (χ0n) is 14.4. The van der Waals surface area contributed by atoms with E-state index in [0.717, 1.165) is 0 Å². The fourth-order valence-corrected chi connectivity index (χ4v) is 5.73. The third-order valence-electron chi connectivity index (χ3n) is 3.92. The number of benzene rings is 2. The quantitative estimate of drug-likeness (QED) is 0.580. The first-order valence-corrected chi connectivity index (χ1v) is 12.5. The summed E-state index contributed by atoms with van der Waals surface area (Å²) in [4.78, 5) is 0. The van der Waals surface area contributed by atoms with E-state index in [4.69, 9.17) is 12.6 Å². The van der Waals surface area contributed by atoms with Crippen LogP contribution in [-0.2, 0) is 0 Å². The van der Waals surface area contributed by atoms with Gasteiger partial charge in [-0.15, -0.1) is 0 Å². The smallest absolute Gasteiger partial charge is 0.0529 e. The molecule has 2 aromatic carbocycles. The highest BCUT2D eigenvalue weighted by atomic mass is 32.1. The van der Waals surface area contributed by atoms with Gasteiger partial charge in [0, 0.05) is 0 Å². The van der Waals surface area contributed by atoms with Gasteiger partial charge in [-0.25, -0.2) is 0 Å². The Hall–Kier alpha value is -0.350. The Balaban J connectivity index is 2.56. The molecule has 0 N–H and O–H groups in total. The molecule has 0 fully saturated rings. The molecule has 0 saturated heterocycles. The first-order valence-electron chi connectivity index (χ1n) is 7.55. The molecule has 0 aromatic heterocycles. The molecule has 0 bridgehead atoms. The Labute approximate surface area is 143 Å². The zero-order valence-corrected chi connectivity index (χ0v) is 17.1. The number of hydrogen-bond acceptors (Lipinski definition) is 1. The summed E-state index contributed by atoms with van der Waals surface area (Å²) in [5.74, 6) is 0. The second kappa shape index (κ2) is 7.48. The molecule has 0 aliphatic carbocycles. The van der Waals surface area contributed by atoms with E-state index in [1.165, 1.54) is 32.9 Å². The summed E-state index contributed by atoms with van der Waals surface area (Å²) >= 11 is 5.03. The summed E-state index contributed by atoms with van der Waals surface area (Å²) in [6.45, 7) is 13.7. The van der Waals surface area contributed by atoms with Crippen molar-refractivity contribution in [3.05, 3.63) is 58.7 Å². The first kappa shape index (κ1) is 18.0. The van der Waals surface area contributed by atoms with Gasteiger partial charge in [-0.05, 0) is 62.2 Å². The van der Waals surface area contributed by atoms with E-state index in [1.807, 2.05) is 0 Å². The third-order valence-corrected chi connectivity index (χ3v) is 7.18. The highest BCUT2D eigenvalue weighted by Gasteiger charge is 2.19. The van der Waals surface area contributed by atoms with Gasteiger partial charge in [-0.2, -0.15) is 12.6 Å². The predicted octanol–water partition coefficient (Wildman–Crippen LogP) is 5.06. The van der Waals surface area contributed by atoms with Gasteiger partial charge < -0.3 is 0 Å². The highest BCUT2D eigenvalue weighted by Crippen LogP contribution is 2.37. The van der Waals surface area contributed by atoms with Gasteiger partial charge in [0.15, 0.2) is 0 Å². The zero-order chi connectivity index (χ0) is 16.4. The molecule has 2 rings (SSSR count). The van der Waals surface area contributed by atoms with Gasteiger partial charge in [-0.1, -0.05) is 63.4 Å². The first-order chi connectivity index (χ1) is 10.3. The minimum atomic E-state index is -0.130. The Kier molecular flexibility index (Phi) is 6.12. The molecule has 0 spiro atoms. The van der Waals surface area contributed by atoms with Crippen LogP contribution in [0, 0.1) is 13.8 Å². The van der Waals surface area contributed by atoms with Crippen LogP contribution in [0.4, 0.5) is 0 Å². The van der Waals surface area contributed by atoms with Crippen molar-refractivity contribution in [2.24, 2.45) is 0 Å². The van der Waals surface area contributed by atoms with E-state index in [-0.39, 0.29) is 21.1 Å². The molecule has 3 heteroatoms. The molecule has 0 aliphatic heterocycles. The minimum Gasteiger partial charge on any atom is -0.166 e. The molecule has 2 aromatic rings. The lowest BCUT2D eigenvalue weighted by Crippen LogP contribution is -2.16. The second-order valence-electron chi connectivity index (χ2n) is 6.32. The van der Waals surface area contributed by atoms with Crippen LogP contribution in [0.3, 0.4) is 0 Å². The summed E-state index contributed by atoms with van der Waals surface area (Å²) in [7, 11) is -0.260. The van der Waals surface area contributed by atoms with E-state index in [2.05, 4.69) is 76.9 Å². The van der Waals surface area contributed by atoms with Crippen LogP contribution >= 0.6 is 28.5 Å². The normalized spacial score (nSPS) is 11.7. The Bertz CT molecular complexity index is 605.